The fourth-order valence-corrected chi connectivity index (χ4v) is 3.33. The average molecular weight is 448 g/mol. The maximum absolute atomic E-state index is 12.4. The van der Waals surface area contributed by atoms with Crippen LogP contribution in [0.3, 0.4) is 0 Å². The predicted octanol–water partition coefficient (Wildman–Crippen LogP) is 4.76. The van der Waals surface area contributed by atoms with E-state index in [1.165, 1.54) is 6.08 Å². The summed E-state index contributed by atoms with van der Waals surface area (Å²) in [7, 11) is 4.66. The molecule has 33 heavy (non-hydrogen) atoms. The summed E-state index contributed by atoms with van der Waals surface area (Å²) in [6, 6.07) is 21.5. The second kappa shape index (κ2) is 12.3. The summed E-state index contributed by atoms with van der Waals surface area (Å²) >= 11 is 0. The van der Waals surface area contributed by atoms with Gasteiger partial charge in [-0.15, -0.1) is 0 Å². The average Bonchev–Trinajstić information content (AvgIpc) is 2.86. The number of carbonyl (C=O) groups excluding carboxylic acids is 1. The zero-order valence-corrected chi connectivity index (χ0v) is 19.2. The predicted molar refractivity (Wildman–Crippen MR) is 128 cm³/mol. The molecular formula is C27H29NO5. The Morgan fingerprint density at radius 1 is 0.818 bits per heavy atom. The van der Waals surface area contributed by atoms with E-state index >= 15 is 0 Å². The maximum Gasteiger partial charge on any atom is 0.244 e. The van der Waals surface area contributed by atoms with Crippen molar-refractivity contribution < 1.29 is 23.7 Å². The summed E-state index contributed by atoms with van der Waals surface area (Å²) in [5, 5.41) is 2.93. The lowest BCUT2D eigenvalue weighted by molar-refractivity contribution is -0.116. The number of hydrogen-bond donors (Lipinski definition) is 1. The number of nitrogens with one attached hydrogen (secondary N) is 1. The molecule has 0 bridgehead atoms. The van der Waals surface area contributed by atoms with Crippen molar-refractivity contribution in [1.29, 1.82) is 0 Å². The van der Waals surface area contributed by atoms with Crippen LogP contribution in [0.1, 0.15) is 22.3 Å². The third kappa shape index (κ3) is 6.85. The van der Waals surface area contributed by atoms with Crippen LogP contribution >= 0.6 is 0 Å². The highest BCUT2D eigenvalue weighted by molar-refractivity contribution is 5.91. The lowest BCUT2D eigenvalue weighted by Gasteiger charge is -2.13. The molecule has 6 nitrogen and oxygen atoms in total. The van der Waals surface area contributed by atoms with Gasteiger partial charge in [0, 0.05) is 12.6 Å². The van der Waals surface area contributed by atoms with Gasteiger partial charge in [-0.3, -0.25) is 4.79 Å². The summed E-state index contributed by atoms with van der Waals surface area (Å²) in [6.45, 7) is 1.42. The first-order valence-corrected chi connectivity index (χ1v) is 10.6. The first-order valence-electron chi connectivity index (χ1n) is 10.6. The van der Waals surface area contributed by atoms with E-state index in [2.05, 4.69) is 5.32 Å². The Hall–Kier alpha value is -3.77. The van der Waals surface area contributed by atoms with Crippen molar-refractivity contribution in [1.82, 2.24) is 5.32 Å². The first-order chi connectivity index (χ1) is 16.1. The molecule has 0 aliphatic rings. The Morgan fingerprint density at radius 2 is 1.45 bits per heavy atom. The van der Waals surface area contributed by atoms with E-state index in [4.69, 9.17) is 18.9 Å². The highest BCUT2D eigenvalue weighted by Crippen LogP contribution is 2.38. The third-order valence-electron chi connectivity index (χ3n) is 5.05. The van der Waals surface area contributed by atoms with Crippen molar-refractivity contribution in [3.8, 4) is 17.2 Å². The molecule has 0 aliphatic heterocycles. The fraction of sp³-hybridized carbons (Fsp3) is 0.222. The Morgan fingerprint density at radius 3 is 2.09 bits per heavy atom. The van der Waals surface area contributed by atoms with Gasteiger partial charge in [0.1, 0.15) is 0 Å². The number of benzene rings is 3. The molecule has 172 valence electrons. The lowest BCUT2D eigenvalue weighted by atomic mass is 10.1. The molecule has 3 aromatic carbocycles. The van der Waals surface area contributed by atoms with Gasteiger partial charge >= 0.3 is 0 Å². The van der Waals surface area contributed by atoms with Gasteiger partial charge in [-0.25, -0.2) is 0 Å². The van der Waals surface area contributed by atoms with E-state index in [1.54, 1.807) is 39.5 Å². The van der Waals surface area contributed by atoms with Crippen molar-refractivity contribution in [2.45, 2.75) is 19.8 Å². The van der Waals surface area contributed by atoms with Gasteiger partial charge in [0.25, 0.3) is 0 Å². The number of hydrogen-bond acceptors (Lipinski definition) is 5. The highest BCUT2D eigenvalue weighted by Gasteiger charge is 2.12. The maximum atomic E-state index is 12.4. The number of rotatable bonds is 11. The van der Waals surface area contributed by atoms with E-state index in [1.807, 2.05) is 54.6 Å². The smallest absolute Gasteiger partial charge is 0.244 e. The molecule has 0 saturated heterocycles. The largest absolute Gasteiger partial charge is 0.493 e. The topological polar surface area (TPSA) is 66.0 Å². The first kappa shape index (κ1) is 23.9. The molecule has 3 aromatic rings. The molecule has 0 saturated carbocycles. The molecule has 0 spiro atoms. The second-order valence-corrected chi connectivity index (χ2v) is 7.26. The Kier molecular flexibility index (Phi) is 8.91. The van der Waals surface area contributed by atoms with Gasteiger partial charge in [-0.1, -0.05) is 54.6 Å². The number of ether oxygens (including phenoxy) is 4. The molecule has 3 rings (SSSR count). The summed E-state index contributed by atoms with van der Waals surface area (Å²) in [5.74, 6) is 1.36. The van der Waals surface area contributed by atoms with Crippen LogP contribution in [-0.4, -0.2) is 27.2 Å². The van der Waals surface area contributed by atoms with Gasteiger partial charge in [-0.05, 0) is 40.5 Å². The standard InChI is InChI=1S/C27H29NO5/c1-30-24-15-21(16-25(31-2)27(24)32-3)13-14-26(29)28-17-22-11-7-8-12-23(22)19-33-18-20-9-5-4-6-10-20/h4-16H,17-19H2,1-3H3,(H,28,29)/b14-13+. The molecular weight excluding hydrogens is 418 g/mol. The summed E-state index contributed by atoms with van der Waals surface area (Å²) < 4.78 is 21.9. The molecule has 6 heteroatoms. The van der Waals surface area contributed by atoms with E-state index in [9.17, 15) is 4.79 Å². The highest BCUT2D eigenvalue weighted by atomic mass is 16.5. The molecule has 0 heterocycles. The zero-order valence-electron chi connectivity index (χ0n) is 19.2. The van der Waals surface area contributed by atoms with Crippen LogP contribution < -0.4 is 19.5 Å². The fourth-order valence-electron chi connectivity index (χ4n) is 3.33. The zero-order chi connectivity index (χ0) is 23.5. The lowest BCUT2D eigenvalue weighted by Crippen LogP contribution is -2.21. The SMILES string of the molecule is COc1cc(/C=C/C(=O)NCc2ccccc2COCc2ccccc2)cc(OC)c1OC. The van der Waals surface area contributed by atoms with E-state index in [0.29, 0.717) is 37.0 Å². The quantitative estimate of drug-likeness (QED) is 0.430. The number of amides is 1. The minimum Gasteiger partial charge on any atom is -0.493 e. The molecule has 1 N–H and O–H groups in total. The van der Waals surface area contributed by atoms with Crippen molar-refractivity contribution in [3.63, 3.8) is 0 Å². The Bertz CT molecular complexity index is 1050. The normalized spacial score (nSPS) is 10.8. The van der Waals surface area contributed by atoms with Crippen molar-refractivity contribution in [2.75, 3.05) is 21.3 Å². The molecule has 0 atom stereocenters. The summed E-state index contributed by atoms with van der Waals surface area (Å²) in [5.41, 5.74) is 3.94. The van der Waals surface area contributed by atoms with Gasteiger partial charge in [0.05, 0.1) is 34.5 Å². The third-order valence-corrected chi connectivity index (χ3v) is 5.05. The van der Waals surface area contributed by atoms with Crippen LogP contribution in [0, 0.1) is 0 Å². The number of methoxy groups -OCH3 is 3. The number of carbonyl (C=O) groups is 1. The van der Waals surface area contributed by atoms with Crippen LogP contribution in [0.4, 0.5) is 0 Å². The van der Waals surface area contributed by atoms with Gasteiger partial charge in [0.2, 0.25) is 11.7 Å². The van der Waals surface area contributed by atoms with Gasteiger partial charge in [0.15, 0.2) is 11.5 Å². The molecule has 0 aliphatic carbocycles. The second-order valence-electron chi connectivity index (χ2n) is 7.26. The van der Waals surface area contributed by atoms with Crippen LogP contribution in [0.15, 0.2) is 72.8 Å². The van der Waals surface area contributed by atoms with Crippen LogP contribution in [0.2, 0.25) is 0 Å². The van der Waals surface area contributed by atoms with Crippen molar-refractivity contribution >= 4 is 12.0 Å². The van der Waals surface area contributed by atoms with Crippen LogP contribution in [-0.2, 0) is 29.3 Å². The molecule has 0 unspecified atom stereocenters. The van der Waals surface area contributed by atoms with E-state index in [0.717, 1.165) is 22.3 Å². The van der Waals surface area contributed by atoms with E-state index in [-0.39, 0.29) is 5.91 Å². The molecule has 0 radical (unpaired) electrons. The van der Waals surface area contributed by atoms with Crippen LogP contribution in [0.25, 0.3) is 6.08 Å². The van der Waals surface area contributed by atoms with E-state index < -0.39 is 0 Å². The summed E-state index contributed by atoms with van der Waals surface area (Å²) in [6.07, 6.45) is 3.18. The summed E-state index contributed by atoms with van der Waals surface area (Å²) in [4.78, 5) is 12.4. The minimum atomic E-state index is -0.205. The molecule has 0 aromatic heterocycles. The van der Waals surface area contributed by atoms with Gasteiger partial charge < -0.3 is 24.3 Å². The minimum absolute atomic E-state index is 0.205. The van der Waals surface area contributed by atoms with Crippen molar-refractivity contribution in [3.05, 3.63) is 95.1 Å². The Labute approximate surface area is 194 Å². The molecule has 1 amide bonds. The van der Waals surface area contributed by atoms with Crippen LogP contribution in [0.5, 0.6) is 17.2 Å². The van der Waals surface area contributed by atoms with Crippen molar-refractivity contribution in [2.24, 2.45) is 0 Å². The van der Waals surface area contributed by atoms with Gasteiger partial charge in [-0.2, -0.15) is 0 Å². The Balaban J connectivity index is 1.58. The monoisotopic (exact) mass is 447 g/mol. The molecule has 0 fully saturated rings.